The van der Waals surface area contributed by atoms with Crippen LogP contribution in [0.3, 0.4) is 0 Å². The van der Waals surface area contributed by atoms with Crippen LogP contribution in [0.1, 0.15) is 5.56 Å². The van der Waals surface area contributed by atoms with Gasteiger partial charge in [-0.25, -0.2) is 17.6 Å². The number of rotatable bonds is 3. The summed E-state index contributed by atoms with van der Waals surface area (Å²) in [6, 6.07) is 9.15. The van der Waals surface area contributed by atoms with Gasteiger partial charge in [0.05, 0.1) is 12.5 Å². The Morgan fingerprint density at radius 3 is 1.68 bits per heavy atom. The molecule has 2 aromatic carbocycles. The van der Waals surface area contributed by atoms with E-state index in [1.807, 2.05) is 6.07 Å². The summed E-state index contributed by atoms with van der Waals surface area (Å²) in [6.45, 7) is 0. The molecule has 0 aliphatic heterocycles. The second-order valence-electron chi connectivity index (χ2n) is 5.25. The third kappa shape index (κ3) is 2.96. The van der Waals surface area contributed by atoms with E-state index in [0.29, 0.717) is 0 Å². The highest BCUT2D eigenvalue weighted by Gasteiger charge is 2.19. The maximum Gasteiger partial charge on any atom is 0.166 e. The molecule has 6 heteroatoms. The molecule has 1 aromatic heterocycles. The standard InChI is InChI=1S/C19H10F4N2/c20-16-5-1-3-12(18(16)22)14-9-25-10-15(11(14)7-8-24)13-4-2-6-17(21)19(13)23/h1-6,9-10H,7H2. The lowest BCUT2D eigenvalue weighted by molar-refractivity contribution is 0.510. The second-order valence-corrected chi connectivity index (χ2v) is 5.25. The summed E-state index contributed by atoms with van der Waals surface area (Å²) in [6.07, 6.45) is 2.33. The number of benzene rings is 2. The molecule has 0 atom stereocenters. The van der Waals surface area contributed by atoms with Crippen LogP contribution in [0.15, 0.2) is 48.8 Å². The molecule has 0 amide bonds. The van der Waals surface area contributed by atoms with Gasteiger partial charge in [-0.15, -0.1) is 0 Å². The van der Waals surface area contributed by atoms with E-state index in [9.17, 15) is 17.6 Å². The summed E-state index contributed by atoms with van der Waals surface area (Å²) in [4.78, 5) is 3.93. The van der Waals surface area contributed by atoms with Gasteiger partial charge in [0.1, 0.15) is 0 Å². The van der Waals surface area contributed by atoms with Gasteiger partial charge in [0.2, 0.25) is 0 Å². The molecule has 0 N–H and O–H groups in total. The van der Waals surface area contributed by atoms with Gasteiger partial charge in [-0.3, -0.25) is 4.98 Å². The van der Waals surface area contributed by atoms with Crippen molar-refractivity contribution in [1.82, 2.24) is 4.98 Å². The number of halogens is 4. The number of hydrogen-bond donors (Lipinski definition) is 0. The minimum atomic E-state index is -1.10. The first kappa shape index (κ1) is 16.7. The smallest absolute Gasteiger partial charge is 0.166 e. The second kappa shape index (κ2) is 6.73. The summed E-state index contributed by atoms with van der Waals surface area (Å²) in [5, 5.41) is 9.10. The molecule has 1 heterocycles. The van der Waals surface area contributed by atoms with Crippen molar-refractivity contribution in [3.05, 3.63) is 77.6 Å². The van der Waals surface area contributed by atoms with Crippen molar-refractivity contribution >= 4 is 0 Å². The fourth-order valence-electron chi connectivity index (χ4n) is 2.64. The Kier molecular flexibility index (Phi) is 4.48. The van der Waals surface area contributed by atoms with Gasteiger partial charge in [-0.2, -0.15) is 5.26 Å². The maximum absolute atomic E-state index is 14.2. The molecule has 0 radical (unpaired) electrons. The zero-order chi connectivity index (χ0) is 18.0. The monoisotopic (exact) mass is 342 g/mol. The molecule has 0 saturated heterocycles. The third-order valence-electron chi connectivity index (χ3n) is 3.80. The third-order valence-corrected chi connectivity index (χ3v) is 3.80. The zero-order valence-electron chi connectivity index (χ0n) is 12.7. The van der Waals surface area contributed by atoms with Crippen LogP contribution in [0.4, 0.5) is 17.6 Å². The van der Waals surface area contributed by atoms with Crippen LogP contribution in [-0.2, 0) is 6.42 Å². The molecule has 2 nitrogen and oxygen atoms in total. The van der Waals surface area contributed by atoms with Crippen molar-refractivity contribution in [2.45, 2.75) is 6.42 Å². The van der Waals surface area contributed by atoms with Crippen LogP contribution in [0, 0.1) is 34.6 Å². The van der Waals surface area contributed by atoms with Crippen molar-refractivity contribution in [1.29, 1.82) is 5.26 Å². The topological polar surface area (TPSA) is 36.7 Å². The molecular formula is C19H10F4N2. The molecule has 0 aliphatic carbocycles. The summed E-state index contributed by atoms with van der Waals surface area (Å²) >= 11 is 0. The van der Waals surface area contributed by atoms with E-state index in [-0.39, 0.29) is 34.2 Å². The SMILES string of the molecule is N#CCc1c(-c2cccc(F)c2F)cncc1-c1cccc(F)c1F. The molecule has 0 fully saturated rings. The molecule has 25 heavy (non-hydrogen) atoms. The van der Waals surface area contributed by atoms with Crippen LogP contribution in [0.5, 0.6) is 0 Å². The number of pyridine rings is 1. The predicted molar refractivity (Wildman–Crippen MR) is 84.3 cm³/mol. The minimum absolute atomic E-state index is 0.101. The van der Waals surface area contributed by atoms with Crippen LogP contribution in [0.2, 0.25) is 0 Å². The Balaban J connectivity index is 2.31. The molecule has 124 valence electrons. The van der Waals surface area contributed by atoms with Crippen molar-refractivity contribution in [3.63, 3.8) is 0 Å². The highest BCUT2D eigenvalue weighted by atomic mass is 19.2. The lowest BCUT2D eigenvalue weighted by atomic mass is 9.92. The molecule has 3 rings (SSSR count). The fraction of sp³-hybridized carbons (Fsp3) is 0.0526. The van der Waals surface area contributed by atoms with Crippen LogP contribution in [0.25, 0.3) is 22.3 Å². The average molecular weight is 342 g/mol. The molecule has 0 unspecified atom stereocenters. The summed E-state index contributed by atoms with van der Waals surface area (Å²) in [5.74, 6) is -4.30. The number of nitriles is 1. The van der Waals surface area contributed by atoms with Crippen LogP contribution >= 0.6 is 0 Å². The first-order valence-electron chi connectivity index (χ1n) is 7.27. The van der Waals surface area contributed by atoms with Gasteiger partial charge in [-0.05, 0) is 17.7 Å². The van der Waals surface area contributed by atoms with Gasteiger partial charge in [0, 0.05) is 34.6 Å². The van der Waals surface area contributed by atoms with Gasteiger partial charge in [0.15, 0.2) is 23.3 Å². The number of nitrogens with zero attached hydrogens (tertiary/aromatic N) is 2. The van der Waals surface area contributed by atoms with Crippen LogP contribution < -0.4 is 0 Å². The maximum atomic E-state index is 14.2. The molecule has 0 bridgehead atoms. The Bertz CT molecular complexity index is 923. The van der Waals surface area contributed by atoms with Gasteiger partial charge < -0.3 is 0 Å². The Hall–Kier alpha value is -3.20. The predicted octanol–water partition coefficient (Wildman–Crippen LogP) is 5.04. The van der Waals surface area contributed by atoms with E-state index in [2.05, 4.69) is 4.98 Å². The summed E-state index contributed by atoms with van der Waals surface area (Å²) < 4.78 is 55.4. The van der Waals surface area contributed by atoms with E-state index < -0.39 is 23.3 Å². The lowest BCUT2D eigenvalue weighted by Crippen LogP contribution is -2.00. The highest BCUT2D eigenvalue weighted by molar-refractivity contribution is 5.78. The average Bonchev–Trinajstić information content (AvgIpc) is 2.61. The van der Waals surface area contributed by atoms with Gasteiger partial charge in [-0.1, -0.05) is 24.3 Å². The van der Waals surface area contributed by atoms with Crippen molar-refractivity contribution in [3.8, 4) is 28.3 Å². The van der Waals surface area contributed by atoms with Gasteiger partial charge >= 0.3 is 0 Å². The zero-order valence-corrected chi connectivity index (χ0v) is 12.7. The minimum Gasteiger partial charge on any atom is -0.263 e. The Morgan fingerprint density at radius 1 is 0.760 bits per heavy atom. The quantitative estimate of drug-likeness (QED) is 0.626. The molecular weight excluding hydrogens is 332 g/mol. The van der Waals surface area contributed by atoms with Gasteiger partial charge in [0.25, 0.3) is 0 Å². The molecule has 0 saturated carbocycles. The van der Waals surface area contributed by atoms with Crippen LogP contribution in [-0.4, -0.2) is 4.98 Å². The van der Waals surface area contributed by atoms with Crippen molar-refractivity contribution in [2.75, 3.05) is 0 Å². The molecule has 0 aliphatic rings. The largest absolute Gasteiger partial charge is 0.263 e. The number of aromatic nitrogens is 1. The Labute approximate surface area is 141 Å². The summed E-state index contributed by atoms with van der Waals surface area (Å²) in [7, 11) is 0. The van der Waals surface area contributed by atoms with E-state index >= 15 is 0 Å². The molecule has 3 aromatic rings. The van der Waals surface area contributed by atoms with E-state index in [0.717, 1.165) is 12.1 Å². The van der Waals surface area contributed by atoms with E-state index in [1.54, 1.807) is 0 Å². The van der Waals surface area contributed by atoms with Crippen molar-refractivity contribution in [2.24, 2.45) is 0 Å². The number of hydrogen-bond acceptors (Lipinski definition) is 2. The Morgan fingerprint density at radius 2 is 1.24 bits per heavy atom. The first-order chi connectivity index (χ1) is 12.0. The van der Waals surface area contributed by atoms with Crippen molar-refractivity contribution < 1.29 is 17.6 Å². The first-order valence-corrected chi connectivity index (χ1v) is 7.27. The summed E-state index contributed by atoms with van der Waals surface area (Å²) in [5.41, 5.74) is 0.346. The normalized spacial score (nSPS) is 10.5. The fourth-order valence-corrected chi connectivity index (χ4v) is 2.64. The molecule has 0 spiro atoms. The van der Waals surface area contributed by atoms with E-state index in [4.69, 9.17) is 5.26 Å². The lowest BCUT2D eigenvalue weighted by Gasteiger charge is -2.14. The highest BCUT2D eigenvalue weighted by Crippen LogP contribution is 2.35. The van der Waals surface area contributed by atoms with E-state index in [1.165, 1.54) is 36.7 Å².